The Kier molecular flexibility index (Phi) is 5.37. The van der Waals surface area contributed by atoms with Crippen molar-refractivity contribution in [3.63, 3.8) is 0 Å². The van der Waals surface area contributed by atoms with Crippen LogP contribution in [0.1, 0.15) is 25.3 Å². The molecule has 0 heterocycles. The number of nitrogens with one attached hydrogen (secondary N) is 1. The Bertz CT molecular complexity index is 395. The van der Waals surface area contributed by atoms with Crippen LogP contribution in [0.3, 0.4) is 0 Å². The van der Waals surface area contributed by atoms with Gasteiger partial charge in [0.1, 0.15) is 0 Å². The largest absolute Gasteiger partial charge is 0.396 e. The third-order valence-electron chi connectivity index (χ3n) is 3.02. The molecule has 1 unspecified atom stereocenters. The summed E-state index contributed by atoms with van der Waals surface area (Å²) in [6.07, 6.45) is 2.59. The van der Waals surface area contributed by atoms with Crippen LogP contribution in [-0.2, 0) is 6.54 Å². The minimum absolute atomic E-state index is 0.246. The van der Waals surface area contributed by atoms with E-state index in [4.69, 9.17) is 16.7 Å². The summed E-state index contributed by atoms with van der Waals surface area (Å²) in [7, 11) is 0. The minimum atomic E-state index is 0.246. The first kappa shape index (κ1) is 14.2. The number of aliphatic hydroxyl groups excluding tert-OH is 1. The van der Waals surface area contributed by atoms with Crippen LogP contribution in [0.5, 0.6) is 0 Å². The highest BCUT2D eigenvalue weighted by Crippen LogP contribution is 2.28. The Labute approximate surface area is 118 Å². The summed E-state index contributed by atoms with van der Waals surface area (Å²) in [6.45, 7) is 3.20. The number of thioether (sulfide) groups is 1. The van der Waals surface area contributed by atoms with E-state index in [1.54, 1.807) is 11.8 Å². The highest BCUT2D eigenvalue weighted by atomic mass is 35.5. The molecule has 0 bridgehead atoms. The molecule has 2 nitrogen and oxygen atoms in total. The van der Waals surface area contributed by atoms with Gasteiger partial charge in [0.15, 0.2) is 0 Å². The van der Waals surface area contributed by atoms with Crippen molar-refractivity contribution in [1.82, 2.24) is 5.32 Å². The molecule has 0 amide bonds. The van der Waals surface area contributed by atoms with Crippen molar-refractivity contribution in [2.24, 2.45) is 5.92 Å². The Hall–Kier alpha value is -0.220. The molecule has 0 aromatic heterocycles. The second-order valence-corrected chi connectivity index (χ2v) is 6.50. The molecule has 0 radical (unpaired) electrons. The SMILES string of the molecule is CC(CO)CSc1ccc(Cl)cc1CNC1CC1. The molecule has 4 heteroatoms. The summed E-state index contributed by atoms with van der Waals surface area (Å²) in [5, 5.41) is 13.4. The van der Waals surface area contributed by atoms with E-state index in [0.29, 0.717) is 12.0 Å². The molecular formula is C14H20ClNOS. The van der Waals surface area contributed by atoms with Crippen molar-refractivity contribution in [1.29, 1.82) is 0 Å². The van der Waals surface area contributed by atoms with E-state index in [1.165, 1.54) is 23.3 Å². The summed E-state index contributed by atoms with van der Waals surface area (Å²) in [5.74, 6) is 1.27. The standard InChI is InChI=1S/C14H20ClNOS/c1-10(8-17)9-18-14-5-2-12(15)6-11(14)7-16-13-3-4-13/h2,5-6,10,13,16-17H,3-4,7-9H2,1H3. The van der Waals surface area contributed by atoms with Crippen LogP contribution in [0, 0.1) is 5.92 Å². The molecule has 1 fully saturated rings. The van der Waals surface area contributed by atoms with Crippen LogP contribution in [0.25, 0.3) is 0 Å². The van der Waals surface area contributed by atoms with E-state index < -0.39 is 0 Å². The Balaban J connectivity index is 1.97. The first-order valence-corrected chi connectivity index (χ1v) is 7.81. The van der Waals surface area contributed by atoms with Gasteiger partial charge in [0, 0.05) is 34.9 Å². The molecule has 18 heavy (non-hydrogen) atoms. The van der Waals surface area contributed by atoms with Gasteiger partial charge < -0.3 is 10.4 Å². The van der Waals surface area contributed by atoms with E-state index >= 15 is 0 Å². The molecule has 1 aliphatic rings. The van der Waals surface area contributed by atoms with Gasteiger partial charge in [0.05, 0.1) is 0 Å². The van der Waals surface area contributed by atoms with Gasteiger partial charge >= 0.3 is 0 Å². The molecule has 1 aromatic carbocycles. The smallest absolute Gasteiger partial charge is 0.0464 e. The van der Waals surface area contributed by atoms with Crippen LogP contribution in [0.15, 0.2) is 23.1 Å². The predicted molar refractivity (Wildman–Crippen MR) is 78.3 cm³/mol. The highest BCUT2D eigenvalue weighted by Gasteiger charge is 2.20. The van der Waals surface area contributed by atoms with Crippen molar-refractivity contribution in [3.8, 4) is 0 Å². The zero-order valence-electron chi connectivity index (χ0n) is 10.7. The van der Waals surface area contributed by atoms with E-state index in [0.717, 1.165) is 17.3 Å². The van der Waals surface area contributed by atoms with Crippen molar-refractivity contribution >= 4 is 23.4 Å². The van der Waals surface area contributed by atoms with Crippen LogP contribution in [-0.4, -0.2) is 23.5 Å². The van der Waals surface area contributed by atoms with Crippen molar-refractivity contribution in [2.45, 2.75) is 37.2 Å². The van der Waals surface area contributed by atoms with E-state index in [1.807, 2.05) is 12.1 Å². The number of aliphatic hydroxyl groups is 1. The zero-order valence-corrected chi connectivity index (χ0v) is 12.2. The molecule has 0 aliphatic heterocycles. The monoisotopic (exact) mass is 285 g/mol. The molecule has 0 saturated heterocycles. The number of hydrogen-bond acceptors (Lipinski definition) is 3. The fraction of sp³-hybridized carbons (Fsp3) is 0.571. The van der Waals surface area contributed by atoms with Crippen LogP contribution in [0.2, 0.25) is 5.02 Å². The lowest BCUT2D eigenvalue weighted by Gasteiger charge is -2.12. The number of rotatable bonds is 7. The zero-order chi connectivity index (χ0) is 13.0. The molecule has 1 aromatic rings. The summed E-state index contributed by atoms with van der Waals surface area (Å²) >= 11 is 7.86. The van der Waals surface area contributed by atoms with E-state index in [-0.39, 0.29) is 6.61 Å². The molecule has 1 atom stereocenters. The van der Waals surface area contributed by atoms with Gasteiger partial charge in [-0.2, -0.15) is 0 Å². The maximum atomic E-state index is 9.06. The highest BCUT2D eigenvalue weighted by molar-refractivity contribution is 7.99. The molecule has 0 spiro atoms. The Morgan fingerprint density at radius 2 is 2.28 bits per heavy atom. The van der Waals surface area contributed by atoms with Gasteiger partial charge in [0.2, 0.25) is 0 Å². The Morgan fingerprint density at radius 3 is 2.94 bits per heavy atom. The molecule has 100 valence electrons. The lowest BCUT2D eigenvalue weighted by molar-refractivity contribution is 0.250. The molecular weight excluding hydrogens is 266 g/mol. The predicted octanol–water partition coefficient (Wildman–Crippen LogP) is 3.31. The molecule has 2 rings (SSSR count). The van der Waals surface area contributed by atoms with Crippen LogP contribution < -0.4 is 5.32 Å². The third kappa shape index (κ3) is 4.47. The van der Waals surface area contributed by atoms with Crippen LogP contribution in [0.4, 0.5) is 0 Å². The van der Waals surface area contributed by atoms with E-state index in [2.05, 4.69) is 18.3 Å². The first-order valence-electron chi connectivity index (χ1n) is 6.44. The van der Waals surface area contributed by atoms with E-state index in [9.17, 15) is 0 Å². The van der Waals surface area contributed by atoms with Crippen molar-refractivity contribution in [3.05, 3.63) is 28.8 Å². The minimum Gasteiger partial charge on any atom is -0.396 e. The van der Waals surface area contributed by atoms with Gasteiger partial charge in [-0.3, -0.25) is 0 Å². The fourth-order valence-corrected chi connectivity index (χ4v) is 2.90. The lowest BCUT2D eigenvalue weighted by Crippen LogP contribution is -2.16. The fourth-order valence-electron chi connectivity index (χ4n) is 1.65. The summed E-state index contributed by atoms with van der Waals surface area (Å²) < 4.78 is 0. The second-order valence-electron chi connectivity index (χ2n) is 5.01. The van der Waals surface area contributed by atoms with Crippen molar-refractivity contribution in [2.75, 3.05) is 12.4 Å². The topological polar surface area (TPSA) is 32.3 Å². The average molecular weight is 286 g/mol. The van der Waals surface area contributed by atoms with Gasteiger partial charge in [-0.15, -0.1) is 11.8 Å². The maximum Gasteiger partial charge on any atom is 0.0464 e. The summed E-state index contributed by atoms with van der Waals surface area (Å²) in [6, 6.07) is 6.77. The molecule has 1 saturated carbocycles. The lowest BCUT2D eigenvalue weighted by atomic mass is 10.2. The van der Waals surface area contributed by atoms with Gasteiger partial charge in [-0.1, -0.05) is 18.5 Å². The molecule has 1 aliphatic carbocycles. The van der Waals surface area contributed by atoms with Crippen LogP contribution >= 0.6 is 23.4 Å². The third-order valence-corrected chi connectivity index (χ3v) is 4.70. The number of halogens is 1. The number of benzene rings is 1. The quantitative estimate of drug-likeness (QED) is 0.754. The van der Waals surface area contributed by atoms with Crippen molar-refractivity contribution < 1.29 is 5.11 Å². The summed E-state index contributed by atoms with van der Waals surface area (Å²) in [5.41, 5.74) is 1.27. The summed E-state index contributed by atoms with van der Waals surface area (Å²) in [4.78, 5) is 1.27. The first-order chi connectivity index (χ1) is 8.69. The second kappa shape index (κ2) is 6.80. The van der Waals surface area contributed by atoms with Gasteiger partial charge in [0.25, 0.3) is 0 Å². The maximum absolute atomic E-state index is 9.06. The van der Waals surface area contributed by atoms with Gasteiger partial charge in [-0.25, -0.2) is 0 Å². The van der Waals surface area contributed by atoms with Gasteiger partial charge in [-0.05, 0) is 42.5 Å². The average Bonchev–Trinajstić information content (AvgIpc) is 3.18. The number of hydrogen-bond donors (Lipinski definition) is 2. The Morgan fingerprint density at radius 1 is 1.50 bits per heavy atom. The normalized spacial score (nSPS) is 16.8. The molecule has 2 N–H and O–H groups in total.